The Morgan fingerprint density at radius 3 is 2.90 bits per heavy atom. The molecular weight excluding hydrogens is 259 g/mol. The molecule has 2 unspecified atom stereocenters. The van der Waals surface area contributed by atoms with Gasteiger partial charge in [0.1, 0.15) is 5.82 Å². The highest BCUT2D eigenvalue weighted by Crippen LogP contribution is 2.25. The Morgan fingerprint density at radius 2 is 2.25 bits per heavy atom. The molecule has 0 spiro atoms. The van der Waals surface area contributed by atoms with Crippen molar-refractivity contribution >= 4 is 5.97 Å². The van der Waals surface area contributed by atoms with Crippen molar-refractivity contribution < 1.29 is 13.9 Å². The van der Waals surface area contributed by atoms with Crippen LogP contribution in [0.1, 0.15) is 18.1 Å². The molecule has 1 saturated heterocycles. The second-order valence-electron chi connectivity index (χ2n) is 5.43. The molecule has 1 aromatic carbocycles. The molecule has 1 aliphatic heterocycles. The lowest BCUT2D eigenvalue weighted by molar-refractivity contribution is -0.146. The van der Waals surface area contributed by atoms with Gasteiger partial charge in [-0.05, 0) is 17.5 Å². The molecule has 2 N–H and O–H groups in total. The van der Waals surface area contributed by atoms with E-state index in [1.807, 2.05) is 0 Å². The summed E-state index contributed by atoms with van der Waals surface area (Å²) in [5.74, 6) is -0.216. The fraction of sp³-hybridized carbons (Fsp3) is 0.533. The van der Waals surface area contributed by atoms with Gasteiger partial charge in [-0.2, -0.15) is 0 Å². The fourth-order valence-corrected chi connectivity index (χ4v) is 2.80. The number of halogens is 1. The number of carbonyl (C=O) groups is 1. The highest BCUT2D eigenvalue weighted by atomic mass is 19.1. The zero-order valence-electron chi connectivity index (χ0n) is 11.9. The normalized spacial score (nSPS) is 23.0. The first-order valence-corrected chi connectivity index (χ1v) is 6.82. The van der Waals surface area contributed by atoms with Gasteiger partial charge >= 0.3 is 5.97 Å². The van der Waals surface area contributed by atoms with Crippen LogP contribution in [0.3, 0.4) is 0 Å². The zero-order chi connectivity index (χ0) is 14.7. The summed E-state index contributed by atoms with van der Waals surface area (Å²) in [5.41, 5.74) is 7.06. The molecule has 1 fully saturated rings. The number of benzene rings is 1. The summed E-state index contributed by atoms with van der Waals surface area (Å²) in [4.78, 5) is 13.8. The van der Waals surface area contributed by atoms with E-state index in [-0.39, 0.29) is 30.2 Å². The van der Waals surface area contributed by atoms with Gasteiger partial charge in [0.15, 0.2) is 0 Å². The molecule has 110 valence electrons. The molecule has 4 nitrogen and oxygen atoms in total. The Balaban J connectivity index is 2.03. The number of nitrogens with zero attached hydrogens (tertiary/aromatic N) is 1. The maximum atomic E-state index is 13.4. The minimum absolute atomic E-state index is 0.0746. The summed E-state index contributed by atoms with van der Waals surface area (Å²) >= 11 is 0. The number of methoxy groups -OCH3 is 1. The highest BCUT2D eigenvalue weighted by Gasteiger charge is 2.35. The molecular formula is C15H21FN2O2. The van der Waals surface area contributed by atoms with Crippen LogP contribution in [-0.2, 0) is 22.6 Å². The topological polar surface area (TPSA) is 55.6 Å². The minimum Gasteiger partial charge on any atom is -0.469 e. The van der Waals surface area contributed by atoms with Gasteiger partial charge < -0.3 is 10.5 Å². The minimum atomic E-state index is -0.265. The Hall–Kier alpha value is -1.46. The lowest BCUT2D eigenvalue weighted by Gasteiger charge is -2.16. The number of esters is 1. The predicted molar refractivity (Wildman–Crippen MR) is 74.2 cm³/mol. The highest BCUT2D eigenvalue weighted by molar-refractivity contribution is 5.73. The van der Waals surface area contributed by atoms with E-state index in [0.717, 1.165) is 12.1 Å². The average Bonchev–Trinajstić information content (AvgIpc) is 2.80. The van der Waals surface area contributed by atoms with Crippen molar-refractivity contribution in [3.63, 3.8) is 0 Å². The molecule has 0 saturated carbocycles. The van der Waals surface area contributed by atoms with Crippen molar-refractivity contribution in [3.8, 4) is 0 Å². The standard InChI is InChI=1S/C15H21FN2O2/c1-10-7-18(9-13(10)15(19)20-2)8-11-3-4-14(16)12(5-11)6-17/h3-5,10,13H,6-9,17H2,1-2H3. The molecule has 0 aliphatic carbocycles. The average molecular weight is 280 g/mol. The van der Waals surface area contributed by atoms with Crippen LogP contribution >= 0.6 is 0 Å². The summed E-state index contributed by atoms with van der Waals surface area (Å²) in [6.45, 7) is 4.47. The largest absolute Gasteiger partial charge is 0.469 e. The van der Waals surface area contributed by atoms with Crippen LogP contribution in [0.2, 0.25) is 0 Å². The van der Waals surface area contributed by atoms with E-state index in [1.54, 1.807) is 12.1 Å². The zero-order valence-corrected chi connectivity index (χ0v) is 11.9. The quantitative estimate of drug-likeness (QED) is 0.850. The van der Waals surface area contributed by atoms with Gasteiger partial charge in [-0.15, -0.1) is 0 Å². The van der Waals surface area contributed by atoms with Gasteiger partial charge in [-0.1, -0.05) is 19.1 Å². The smallest absolute Gasteiger partial charge is 0.310 e. The third kappa shape index (κ3) is 3.16. The van der Waals surface area contributed by atoms with E-state index < -0.39 is 0 Å². The van der Waals surface area contributed by atoms with E-state index in [0.29, 0.717) is 18.7 Å². The van der Waals surface area contributed by atoms with E-state index in [4.69, 9.17) is 10.5 Å². The molecule has 1 heterocycles. The number of nitrogens with two attached hydrogens (primary N) is 1. The van der Waals surface area contributed by atoms with Crippen molar-refractivity contribution in [2.45, 2.75) is 20.0 Å². The third-order valence-electron chi connectivity index (χ3n) is 3.93. The lowest BCUT2D eigenvalue weighted by Crippen LogP contribution is -2.24. The molecule has 0 aromatic heterocycles. The van der Waals surface area contributed by atoms with Crippen LogP contribution in [0.25, 0.3) is 0 Å². The summed E-state index contributed by atoms with van der Waals surface area (Å²) in [5, 5.41) is 0. The predicted octanol–water partition coefficient (Wildman–Crippen LogP) is 1.53. The number of hydrogen-bond acceptors (Lipinski definition) is 4. The second-order valence-corrected chi connectivity index (χ2v) is 5.43. The Bertz CT molecular complexity index is 493. The number of likely N-dealkylation sites (tertiary alicyclic amines) is 1. The van der Waals surface area contributed by atoms with Crippen LogP contribution in [-0.4, -0.2) is 31.1 Å². The summed E-state index contributed by atoms with van der Waals surface area (Å²) in [7, 11) is 1.42. The van der Waals surface area contributed by atoms with Crippen LogP contribution < -0.4 is 5.73 Å². The van der Waals surface area contributed by atoms with Crippen LogP contribution in [0.5, 0.6) is 0 Å². The molecule has 0 radical (unpaired) electrons. The first-order chi connectivity index (χ1) is 9.55. The molecule has 20 heavy (non-hydrogen) atoms. The number of ether oxygens (including phenoxy) is 1. The molecule has 0 bridgehead atoms. The van der Waals surface area contributed by atoms with Gasteiger partial charge in [-0.25, -0.2) is 4.39 Å². The van der Waals surface area contributed by atoms with Crippen molar-refractivity contribution in [1.82, 2.24) is 4.90 Å². The molecule has 1 aliphatic rings. The lowest BCUT2D eigenvalue weighted by atomic mass is 9.99. The Kier molecular flexibility index (Phi) is 4.73. The van der Waals surface area contributed by atoms with Crippen LogP contribution in [0.15, 0.2) is 18.2 Å². The summed E-state index contributed by atoms with van der Waals surface area (Å²) < 4.78 is 18.2. The first kappa shape index (κ1) is 14.9. The molecule has 2 rings (SSSR count). The molecule has 5 heteroatoms. The second kappa shape index (κ2) is 6.33. The maximum absolute atomic E-state index is 13.4. The third-order valence-corrected chi connectivity index (χ3v) is 3.93. The van der Waals surface area contributed by atoms with Gasteiger partial charge in [0, 0.05) is 31.7 Å². The van der Waals surface area contributed by atoms with E-state index >= 15 is 0 Å². The number of rotatable bonds is 4. The van der Waals surface area contributed by atoms with Crippen LogP contribution in [0, 0.1) is 17.7 Å². The van der Waals surface area contributed by atoms with Gasteiger partial charge in [0.05, 0.1) is 13.0 Å². The van der Waals surface area contributed by atoms with Gasteiger partial charge in [0.2, 0.25) is 0 Å². The molecule has 0 amide bonds. The Morgan fingerprint density at radius 1 is 1.50 bits per heavy atom. The molecule has 2 atom stereocenters. The van der Waals surface area contributed by atoms with Crippen molar-refractivity contribution in [2.75, 3.05) is 20.2 Å². The number of hydrogen-bond donors (Lipinski definition) is 1. The monoisotopic (exact) mass is 280 g/mol. The van der Waals surface area contributed by atoms with Crippen molar-refractivity contribution in [2.24, 2.45) is 17.6 Å². The number of carbonyl (C=O) groups excluding carboxylic acids is 1. The van der Waals surface area contributed by atoms with Crippen LogP contribution in [0.4, 0.5) is 4.39 Å². The summed E-state index contributed by atoms with van der Waals surface area (Å²) in [6.07, 6.45) is 0. The maximum Gasteiger partial charge on any atom is 0.310 e. The van der Waals surface area contributed by atoms with E-state index in [2.05, 4.69) is 11.8 Å². The van der Waals surface area contributed by atoms with Gasteiger partial charge in [0.25, 0.3) is 0 Å². The van der Waals surface area contributed by atoms with Crippen molar-refractivity contribution in [1.29, 1.82) is 0 Å². The first-order valence-electron chi connectivity index (χ1n) is 6.82. The van der Waals surface area contributed by atoms with Crippen molar-refractivity contribution in [3.05, 3.63) is 35.1 Å². The van der Waals surface area contributed by atoms with E-state index in [9.17, 15) is 9.18 Å². The SMILES string of the molecule is COC(=O)C1CN(Cc2ccc(F)c(CN)c2)CC1C. The molecule has 1 aromatic rings. The fourth-order valence-electron chi connectivity index (χ4n) is 2.80. The Labute approximate surface area is 118 Å². The van der Waals surface area contributed by atoms with Gasteiger partial charge in [-0.3, -0.25) is 9.69 Å². The summed E-state index contributed by atoms with van der Waals surface area (Å²) in [6, 6.07) is 5.02. The van der Waals surface area contributed by atoms with E-state index in [1.165, 1.54) is 13.2 Å².